The molecule has 0 N–H and O–H groups in total. The zero-order valence-corrected chi connectivity index (χ0v) is 15.9. The summed E-state index contributed by atoms with van der Waals surface area (Å²) < 4.78 is 42.5. The molecule has 0 amide bonds. The van der Waals surface area contributed by atoms with Crippen molar-refractivity contribution < 1.29 is 32.2 Å². The number of rotatable bonds is 6. The summed E-state index contributed by atoms with van der Waals surface area (Å²) in [7, 11) is -1.66. The average Bonchev–Trinajstić information content (AvgIpc) is 2.66. The van der Waals surface area contributed by atoms with E-state index < -0.39 is 22.0 Å². The highest BCUT2D eigenvalue weighted by atomic mass is 32.2. The van der Waals surface area contributed by atoms with Crippen LogP contribution in [0.25, 0.3) is 0 Å². The molecule has 1 aliphatic rings. The number of benzene rings is 1. The first-order chi connectivity index (χ1) is 12.3. The molecule has 9 heteroatoms. The smallest absolute Gasteiger partial charge is 0.339 e. The molecule has 26 heavy (non-hydrogen) atoms. The molecule has 8 nitrogen and oxygen atoms in total. The van der Waals surface area contributed by atoms with Crippen molar-refractivity contribution in [3.8, 4) is 0 Å². The lowest BCUT2D eigenvalue weighted by atomic mass is 10.1. The van der Waals surface area contributed by atoms with Gasteiger partial charge in [-0.2, -0.15) is 4.31 Å². The molecule has 1 atom stereocenters. The Hall–Kier alpha value is -1.97. The number of esters is 2. The molecule has 0 aliphatic carbocycles. The summed E-state index contributed by atoms with van der Waals surface area (Å²) in [5.41, 5.74) is -0.0872. The van der Waals surface area contributed by atoms with E-state index in [-0.39, 0.29) is 28.7 Å². The molecule has 0 aromatic heterocycles. The predicted molar refractivity (Wildman–Crippen MR) is 92.5 cm³/mol. The third-order valence-electron chi connectivity index (χ3n) is 4.17. The fourth-order valence-corrected chi connectivity index (χ4v) is 4.61. The standard InChI is InChI=1S/C17H23NO7S/c1-4-25-13-6-5-9-18(11-13)26(21,22)15-10-12(16(19)23-2)7-8-14(15)17(20)24-3/h7-8,10,13H,4-6,9,11H2,1-3H3. The predicted octanol–water partition coefficient (Wildman–Crippen LogP) is 1.45. The lowest BCUT2D eigenvalue weighted by molar-refractivity contribution is 0.0265. The van der Waals surface area contributed by atoms with Gasteiger partial charge in [0.2, 0.25) is 10.0 Å². The van der Waals surface area contributed by atoms with Crippen molar-refractivity contribution in [1.82, 2.24) is 4.31 Å². The van der Waals surface area contributed by atoms with Crippen LogP contribution >= 0.6 is 0 Å². The van der Waals surface area contributed by atoms with Gasteiger partial charge in [-0.1, -0.05) is 0 Å². The number of ether oxygens (including phenoxy) is 3. The van der Waals surface area contributed by atoms with E-state index in [0.29, 0.717) is 19.6 Å². The maximum Gasteiger partial charge on any atom is 0.339 e. The second-order valence-electron chi connectivity index (χ2n) is 5.78. The summed E-state index contributed by atoms with van der Waals surface area (Å²) >= 11 is 0. The van der Waals surface area contributed by atoms with E-state index in [1.165, 1.54) is 30.7 Å². The summed E-state index contributed by atoms with van der Waals surface area (Å²) in [4.78, 5) is 23.6. The van der Waals surface area contributed by atoms with Gasteiger partial charge < -0.3 is 14.2 Å². The average molecular weight is 385 g/mol. The molecule has 1 unspecified atom stereocenters. The van der Waals surface area contributed by atoms with Gasteiger partial charge in [0, 0.05) is 19.7 Å². The summed E-state index contributed by atoms with van der Waals surface area (Å²) in [6.45, 7) is 2.85. The first-order valence-corrected chi connectivity index (χ1v) is 9.71. The number of nitrogens with zero attached hydrogens (tertiary/aromatic N) is 1. The van der Waals surface area contributed by atoms with Crippen LogP contribution in [-0.4, -0.2) is 64.7 Å². The molecule has 1 fully saturated rings. The van der Waals surface area contributed by atoms with E-state index in [2.05, 4.69) is 9.47 Å². The Balaban J connectivity index is 2.48. The van der Waals surface area contributed by atoms with Crippen molar-refractivity contribution in [3.05, 3.63) is 29.3 Å². The lowest BCUT2D eigenvalue weighted by Gasteiger charge is -2.32. The van der Waals surface area contributed by atoms with Crippen LogP contribution in [0, 0.1) is 0 Å². The van der Waals surface area contributed by atoms with Crippen molar-refractivity contribution >= 4 is 22.0 Å². The van der Waals surface area contributed by atoms with E-state index in [1.54, 1.807) is 0 Å². The van der Waals surface area contributed by atoms with Crippen LogP contribution in [0.5, 0.6) is 0 Å². The largest absolute Gasteiger partial charge is 0.465 e. The molecule has 144 valence electrons. The Morgan fingerprint density at radius 1 is 1.19 bits per heavy atom. The minimum absolute atomic E-state index is 0.0390. The maximum atomic E-state index is 13.2. The number of carbonyl (C=O) groups is 2. The third kappa shape index (κ3) is 4.22. The molecule has 1 aromatic carbocycles. The van der Waals surface area contributed by atoms with Gasteiger partial charge in [-0.15, -0.1) is 0 Å². The molecule has 0 spiro atoms. The van der Waals surface area contributed by atoms with E-state index in [1.807, 2.05) is 6.92 Å². The number of carbonyl (C=O) groups excluding carboxylic acids is 2. The summed E-state index contributed by atoms with van der Waals surface area (Å²) in [5.74, 6) is -1.48. The van der Waals surface area contributed by atoms with Crippen molar-refractivity contribution in [2.45, 2.75) is 30.8 Å². The van der Waals surface area contributed by atoms with Gasteiger partial charge in [-0.25, -0.2) is 18.0 Å². The molecule has 0 bridgehead atoms. The fourth-order valence-electron chi connectivity index (χ4n) is 2.89. The molecule has 0 saturated carbocycles. The molecule has 0 radical (unpaired) electrons. The minimum Gasteiger partial charge on any atom is -0.465 e. The molecule has 1 aromatic rings. The van der Waals surface area contributed by atoms with Gasteiger partial charge in [0.15, 0.2) is 0 Å². The zero-order chi connectivity index (χ0) is 19.3. The monoisotopic (exact) mass is 385 g/mol. The highest BCUT2D eigenvalue weighted by Crippen LogP contribution is 2.26. The van der Waals surface area contributed by atoms with Gasteiger partial charge in [-0.05, 0) is 38.0 Å². The fraction of sp³-hybridized carbons (Fsp3) is 0.529. The quantitative estimate of drug-likeness (QED) is 0.683. The van der Waals surface area contributed by atoms with Crippen LogP contribution in [0.3, 0.4) is 0 Å². The first kappa shape index (κ1) is 20.3. The van der Waals surface area contributed by atoms with Crippen molar-refractivity contribution in [1.29, 1.82) is 0 Å². The Kier molecular flexibility index (Phi) is 6.74. The number of piperidine rings is 1. The topological polar surface area (TPSA) is 99.2 Å². The second-order valence-corrected chi connectivity index (χ2v) is 7.68. The highest BCUT2D eigenvalue weighted by Gasteiger charge is 2.34. The lowest BCUT2D eigenvalue weighted by Crippen LogP contribution is -2.43. The number of hydrogen-bond donors (Lipinski definition) is 0. The Morgan fingerprint density at radius 2 is 1.88 bits per heavy atom. The maximum absolute atomic E-state index is 13.2. The summed E-state index contributed by atoms with van der Waals surface area (Å²) in [6, 6.07) is 3.74. The van der Waals surface area contributed by atoms with Crippen LogP contribution in [-0.2, 0) is 24.2 Å². The summed E-state index contributed by atoms with van der Waals surface area (Å²) in [6.07, 6.45) is 1.22. The number of hydrogen-bond acceptors (Lipinski definition) is 7. The normalized spacial score (nSPS) is 18.3. The van der Waals surface area contributed by atoms with Gasteiger partial charge >= 0.3 is 11.9 Å². The highest BCUT2D eigenvalue weighted by molar-refractivity contribution is 7.89. The second kappa shape index (κ2) is 8.61. The van der Waals surface area contributed by atoms with Crippen molar-refractivity contribution in [2.24, 2.45) is 0 Å². The molecule has 1 heterocycles. The van der Waals surface area contributed by atoms with Gasteiger partial charge in [0.05, 0.1) is 36.3 Å². The van der Waals surface area contributed by atoms with Crippen molar-refractivity contribution in [3.63, 3.8) is 0 Å². The number of sulfonamides is 1. The Labute approximate surface area is 153 Å². The molecular formula is C17H23NO7S. The van der Waals surface area contributed by atoms with Crippen molar-refractivity contribution in [2.75, 3.05) is 33.9 Å². The van der Waals surface area contributed by atoms with Crippen LogP contribution in [0.15, 0.2) is 23.1 Å². The van der Waals surface area contributed by atoms with E-state index in [4.69, 9.17) is 4.74 Å². The van der Waals surface area contributed by atoms with Gasteiger partial charge in [0.25, 0.3) is 0 Å². The molecule has 2 rings (SSSR count). The van der Waals surface area contributed by atoms with Gasteiger partial charge in [-0.3, -0.25) is 0 Å². The van der Waals surface area contributed by atoms with E-state index in [0.717, 1.165) is 12.5 Å². The molecule has 1 saturated heterocycles. The van der Waals surface area contributed by atoms with Crippen LogP contribution in [0.4, 0.5) is 0 Å². The van der Waals surface area contributed by atoms with E-state index in [9.17, 15) is 18.0 Å². The van der Waals surface area contributed by atoms with Gasteiger partial charge in [0.1, 0.15) is 0 Å². The first-order valence-electron chi connectivity index (χ1n) is 8.27. The van der Waals surface area contributed by atoms with Crippen LogP contribution in [0.1, 0.15) is 40.5 Å². The summed E-state index contributed by atoms with van der Waals surface area (Å²) in [5, 5.41) is 0. The minimum atomic E-state index is -4.02. The zero-order valence-electron chi connectivity index (χ0n) is 15.1. The third-order valence-corrected chi connectivity index (χ3v) is 6.07. The number of methoxy groups -OCH3 is 2. The van der Waals surface area contributed by atoms with E-state index >= 15 is 0 Å². The molecular weight excluding hydrogens is 362 g/mol. The Morgan fingerprint density at radius 3 is 2.50 bits per heavy atom. The Bertz CT molecular complexity index is 773. The van der Waals surface area contributed by atoms with Crippen LogP contribution in [0.2, 0.25) is 0 Å². The van der Waals surface area contributed by atoms with Crippen LogP contribution < -0.4 is 0 Å². The SMILES string of the molecule is CCOC1CCCN(S(=O)(=O)c2cc(C(=O)OC)ccc2C(=O)OC)C1. The molecule has 1 aliphatic heterocycles.